The van der Waals surface area contributed by atoms with Crippen LogP contribution in [0.3, 0.4) is 0 Å². The van der Waals surface area contributed by atoms with Gasteiger partial charge in [-0.05, 0) is 55.2 Å². The zero-order chi connectivity index (χ0) is 17.1. The van der Waals surface area contributed by atoms with E-state index in [0.29, 0.717) is 5.92 Å². The molecule has 1 aliphatic carbocycles. The quantitative estimate of drug-likeness (QED) is 0.604. The molecule has 24 heavy (non-hydrogen) atoms. The molecule has 1 saturated carbocycles. The molecule has 1 heterocycles. The first-order valence-electron chi connectivity index (χ1n) is 8.69. The number of pyridine rings is 1. The molecule has 0 atom stereocenters. The van der Waals surface area contributed by atoms with Gasteiger partial charge in [0, 0.05) is 17.3 Å². The van der Waals surface area contributed by atoms with Crippen LogP contribution in [0.25, 0.3) is 11.1 Å². The largest absolute Gasteiger partial charge is 0.248 e. The van der Waals surface area contributed by atoms with Gasteiger partial charge in [-0.15, -0.1) is 0 Å². The van der Waals surface area contributed by atoms with E-state index in [-0.39, 0.29) is 11.1 Å². The first-order valence-corrected chi connectivity index (χ1v) is 8.69. The Kier molecular flexibility index (Phi) is 5.22. The van der Waals surface area contributed by atoms with Crippen molar-refractivity contribution in [2.45, 2.75) is 51.4 Å². The van der Waals surface area contributed by atoms with Crippen LogP contribution in [-0.4, -0.2) is 4.98 Å². The molecule has 4 heteroatoms. The third-order valence-corrected chi connectivity index (χ3v) is 5.12. The number of benzene rings is 1. The lowest BCUT2D eigenvalue weighted by molar-refractivity contribution is 0.308. The Bertz CT molecular complexity index is 706. The van der Waals surface area contributed by atoms with E-state index in [1.54, 1.807) is 12.1 Å². The van der Waals surface area contributed by atoms with Gasteiger partial charge < -0.3 is 0 Å². The summed E-state index contributed by atoms with van der Waals surface area (Å²) in [6, 6.07) is 6.08. The van der Waals surface area contributed by atoms with Crippen molar-refractivity contribution in [1.29, 1.82) is 0 Å². The highest BCUT2D eigenvalue weighted by molar-refractivity contribution is 5.63. The first kappa shape index (κ1) is 17.0. The van der Waals surface area contributed by atoms with Crippen LogP contribution in [-0.2, 0) is 0 Å². The maximum Gasteiger partial charge on any atom is 0.248 e. The van der Waals surface area contributed by atoms with E-state index >= 15 is 0 Å². The molecule has 0 N–H and O–H groups in total. The number of hydrogen-bond donors (Lipinski definition) is 0. The van der Waals surface area contributed by atoms with E-state index in [0.717, 1.165) is 36.6 Å². The maximum absolute atomic E-state index is 14.5. The Morgan fingerprint density at radius 1 is 1.00 bits per heavy atom. The van der Waals surface area contributed by atoms with Gasteiger partial charge in [0.05, 0.1) is 0 Å². The number of hydrogen-bond acceptors (Lipinski definition) is 1. The zero-order valence-corrected chi connectivity index (χ0v) is 13.9. The Morgan fingerprint density at radius 2 is 1.75 bits per heavy atom. The van der Waals surface area contributed by atoms with Crippen molar-refractivity contribution in [3.63, 3.8) is 0 Å². The fourth-order valence-electron chi connectivity index (χ4n) is 3.78. The van der Waals surface area contributed by atoms with Crippen LogP contribution in [0.4, 0.5) is 13.2 Å². The molecule has 128 valence electrons. The van der Waals surface area contributed by atoms with Crippen LogP contribution in [0, 0.1) is 23.5 Å². The second-order valence-corrected chi connectivity index (χ2v) is 6.74. The number of halogens is 3. The smallest absolute Gasteiger partial charge is 0.225 e. The average molecular weight is 333 g/mol. The number of rotatable bonds is 4. The maximum atomic E-state index is 14.5. The van der Waals surface area contributed by atoms with Gasteiger partial charge in [0.25, 0.3) is 0 Å². The molecule has 1 aliphatic rings. The molecular weight excluding hydrogens is 311 g/mol. The molecule has 2 aromatic rings. The molecule has 1 aromatic carbocycles. The van der Waals surface area contributed by atoms with Crippen molar-refractivity contribution >= 4 is 0 Å². The Morgan fingerprint density at radius 3 is 2.38 bits per heavy atom. The van der Waals surface area contributed by atoms with Crippen LogP contribution in [0.2, 0.25) is 0 Å². The van der Waals surface area contributed by atoms with Crippen LogP contribution in [0.1, 0.15) is 56.9 Å². The highest BCUT2D eigenvalue weighted by Crippen LogP contribution is 2.38. The molecule has 0 saturated heterocycles. The van der Waals surface area contributed by atoms with Crippen LogP contribution >= 0.6 is 0 Å². The molecule has 0 radical (unpaired) electrons. The Labute approximate surface area is 140 Å². The molecule has 0 spiro atoms. The molecular formula is C20H22F3N. The third kappa shape index (κ3) is 3.63. The van der Waals surface area contributed by atoms with Crippen molar-refractivity contribution in [2.24, 2.45) is 5.92 Å². The van der Waals surface area contributed by atoms with E-state index in [4.69, 9.17) is 0 Å². The lowest BCUT2D eigenvalue weighted by Gasteiger charge is -2.28. The van der Waals surface area contributed by atoms with Gasteiger partial charge in [-0.25, -0.2) is 13.8 Å². The SMILES string of the molecule is CCC[C@H]1CC[C@H](c2ccc(-c3cnc(F)c(F)c3)c(F)c2)CC1. The summed E-state index contributed by atoms with van der Waals surface area (Å²) in [7, 11) is 0. The highest BCUT2D eigenvalue weighted by atomic mass is 19.2. The van der Waals surface area contributed by atoms with Gasteiger partial charge in [0.2, 0.25) is 5.95 Å². The minimum atomic E-state index is -1.17. The van der Waals surface area contributed by atoms with Crippen molar-refractivity contribution in [2.75, 3.05) is 0 Å². The summed E-state index contributed by atoms with van der Waals surface area (Å²) in [5, 5.41) is 0. The van der Waals surface area contributed by atoms with Gasteiger partial charge in [-0.1, -0.05) is 31.9 Å². The van der Waals surface area contributed by atoms with Gasteiger partial charge in [0.1, 0.15) is 5.82 Å². The fraction of sp³-hybridized carbons (Fsp3) is 0.450. The lowest BCUT2D eigenvalue weighted by Crippen LogP contribution is -2.13. The third-order valence-electron chi connectivity index (χ3n) is 5.12. The highest BCUT2D eigenvalue weighted by Gasteiger charge is 2.22. The van der Waals surface area contributed by atoms with Gasteiger partial charge in [0.15, 0.2) is 5.82 Å². The van der Waals surface area contributed by atoms with E-state index in [1.807, 2.05) is 6.07 Å². The van der Waals surface area contributed by atoms with Gasteiger partial charge in [-0.3, -0.25) is 0 Å². The Balaban J connectivity index is 1.76. The van der Waals surface area contributed by atoms with E-state index in [1.165, 1.54) is 25.7 Å². The zero-order valence-electron chi connectivity index (χ0n) is 13.9. The average Bonchev–Trinajstić information content (AvgIpc) is 2.58. The van der Waals surface area contributed by atoms with Crippen molar-refractivity contribution in [3.8, 4) is 11.1 Å². The van der Waals surface area contributed by atoms with Crippen molar-refractivity contribution < 1.29 is 13.2 Å². The van der Waals surface area contributed by atoms with E-state index in [9.17, 15) is 13.2 Å². The normalized spacial score (nSPS) is 21.0. The summed E-state index contributed by atoms with van der Waals surface area (Å²) < 4.78 is 40.7. The van der Waals surface area contributed by atoms with Crippen LogP contribution in [0.5, 0.6) is 0 Å². The molecule has 0 bridgehead atoms. The monoisotopic (exact) mass is 333 g/mol. The predicted octanol–water partition coefficient (Wildman–Crippen LogP) is 6.24. The van der Waals surface area contributed by atoms with E-state index < -0.39 is 17.6 Å². The number of aromatic nitrogens is 1. The summed E-state index contributed by atoms with van der Waals surface area (Å²) in [5.74, 6) is -1.44. The molecule has 0 aliphatic heterocycles. The minimum Gasteiger partial charge on any atom is -0.225 e. The standard InChI is InChI=1S/C20H22F3N/c1-2-3-13-4-6-14(7-5-13)15-8-9-17(18(21)10-15)16-11-19(22)20(23)24-12-16/h8-14H,2-7H2,1H3/t13-,14-. The summed E-state index contributed by atoms with van der Waals surface area (Å²) in [5.41, 5.74) is 1.51. The summed E-state index contributed by atoms with van der Waals surface area (Å²) in [6.07, 6.45) is 8.26. The minimum absolute atomic E-state index is 0.254. The summed E-state index contributed by atoms with van der Waals surface area (Å²) >= 11 is 0. The van der Waals surface area contributed by atoms with Crippen molar-refractivity contribution in [1.82, 2.24) is 4.98 Å². The molecule has 1 aromatic heterocycles. The summed E-state index contributed by atoms with van der Waals surface area (Å²) in [6.45, 7) is 2.22. The molecule has 3 rings (SSSR count). The second kappa shape index (κ2) is 7.37. The number of nitrogens with zero attached hydrogens (tertiary/aromatic N) is 1. The molecule has 1 fully saturated rings. The molecule has 0 unspecified atom stereocenters. The van der Waals surface area contributed by atoms with E-state index in [2.05, 4.69) is 11.9 Å². The fourth-order valence-corrected chi connectivity index (χ4v) is 3.78. The topological polar surface area (TPSA) is 12.9 Å². The van der Waals surface area contributed by atoms with Crippen molar-refractivity contribution in [3.05, 3.63) is 53.6 Å². The molecule has 1 nitrogen and oxygen atoms in total. The second-order valence-electron chi connectivity index (χ2n) is 6.74. The molecule has 0 amide bonds. The van der Waals surface area contributed by atoms with Gasteiger partial charge >= 0.3 is 0 Å². The summed E-state index contributed by atoms with van der Waals surface area (Å²) in [4.78, 5) is 3.33. The van der Waals surface area contributed by atoms with Crippen LogP contribution < -0.4 is 0 Å². The Hall–Kier alpha value is -1.84. The van der Waals surface area contributed by atoms with Gasteiger partial charge in [-0.2, -0.15) is 4.39 Å². The van der Waals surface area contributed by atoms with Crippen LogP contribution in [0.15, 0.2) is 30.5 Å². The predicted molar refractivity (Wildman–Crippen MR) is 89.2 cm³/mol. The first-order chi connectivity index (χ1) is 11.6. The lowest BCUT2D eigenvalue weighted by atomic mass is 9.77.